The van der Waals surface area contributed by atoms with Gasteiger partial charge in [-0.05, 0) is 19.1 Å². The molecule has 0 saturated carbocycles. The van der Waals surface area contributed by atoms with Crippen LogP contribution in [-0.4, -0.2) is 57.7 Å². The summed E-state index contributed by atoms with van der Waals surface area (Å²) in [5.41, 5.74) is 1.11. The smallest absolute Gasteiger partial charge is 0.200 e. The molecule has 1 aromatic carbocycles. The number of hydrogen-bond donors (Lipinski definition) is 4. The van der Waals surface area contributed by atoms with Gasteiger partial charge in [0.05, 0.1) is 6.61 Å². The second-order valence-electron chi connectivity index (χ2n) is 4.69. The van der Waals surface area contributed by atoms with E-state index in [0.29, 0.717) is 0 Å². The molecule has 112 valence electrons. The van der Waals surface area contributed by atoms with E-state index in [2.05, 4.69) is 0 Å². The highest BCUT2D eigenvalue weighted by molar-refractivity contribution is 7.94. The molecule has 0 aromatic heterocycles. The minimum absolute atomic E-state index is 0.472. The zero-order valence-corrected chi connectivity index (χ0v) is 11.7. The molecule has 0 aliphatic carbocycles. The third-order valence-corrected chi connectivity index (χ3v) is 3.86. The minimum atomic E-state index is -1.43. The lowest BCUT2D eigenvalue weighted by molar-refractivity contribution is -0.274. The van der Waals surface area contributed by atoms with Crippen molar-refractivity contribution >= 4 is 12.0 Å². The predicted molar refractivity (Wildman–Crippen MR) is 71.9 cm³/mol. The molecule has 7 heteroatoms. The Balaban J connectivity index is 1.95. The molecular weight excluding hydrogens is 284 g/mol. The molecule has 1 aromatic rings. The van der Waals surface area contributed by atoms with Gasteiger partial charge in [0, 0.05) is 16.9 Å². The first-order valence-corrected chi connectivity index (χ1v) is 6.97. The molecule has 4 N–H and O–H groups in total. The van der Waals surface area contributed by atoms with Crippen molar-refractivity contribution in [3.8, 4) is 0 Å². The Morgan fingerprint density at radius 1 is 1.10 bits per heavy atom. The Morgan fingerprint density at radius 2 is 1.75 bits per heavy atom. The number of hydrogen-bond acceptors (Lipinski definition) is 7. The van der Waals surface area contributed by atoms with Gasteiger partial charge in [-0.25, -0.2) is 0 Å². The molecule has 20 heavy (non-hydrogen) atoms. The van der Waals surface area contributed by atoms with Crippen molar-refractivity contribution in [2.75, 3.05) is 6.61 Å². The van der Waals surface area contributed by atoms with Crippen molar-refractivity contribution in [1.82, 2.24) is 0 Å². The van der Waals surface area contributed by atoms with Gasteiger partial charge in [-0.15, -0.1) is 0 Å². The molecule has 1 saturated heterocycles. The van der Waals surface area contributed by atoms with Gasteiger partial charge in [0.1, 0.15) is 24.4 Å². The number of aliphatic hydroxyl groups is 4. The fourth-order valence-electron chi connectivity index (χ4n) is 1.84. The Labute approximate surface area is 121 Å². The molecule has 1 aliphatic rings. The van der Waals surface area contributed by atoms with Crippen molar-refractivity contribution in [3.05, 3.63) is 29.8 Å². The van der Waals surface area contributed by atoms with Crippen LogP contribution in [0.4, 0.5) is 0 Å². The molecule has 0 bridgehead atoms. The fraction of sp³-hybridized carbons (Fsp3) is 0.538. The van der Waals surface area contributed by atoms with Crippen LogP contribution < -0.4 is 0 Å². The number of aliphatic hydroxyl groups excluding tert-OH is 4. The zero-order valence-electron chi connectivity index (χ0n) is 10.9. The van der Waals surface area contributed by atoms with E-state index in [-0.39, 0.29) is 0 Å². The van der Waals surface area contributed by atoms with Crippen LogP contribution in [0.2, 0.25) is 0 Å². The Morgan fingerprint density at radius 3 is 2.35 bits per heavy atom. The summed E-state index contributed by atoms with van der Waals surface area (Å²) in [6.07, 6.45) is -6.27. The molecular formula is C13H18O6S. The molecule has 0 amide bonds. The van der Waals surface area contributed by atoms with E-state index >= 15 is 0 Å². The van der Waals surface area contributed by atoms with Gasteiger partial charge in [0.25, 0.3) is 0 Å². The summed E-state index contributed by atoms with van der Waals surface area (Å²) in [6, 6.07) is 7.53. The third-order valence-electron chi connectivity index (χ3n) is 3.11. The summed E-state index contributed by atoms with van der Waals surface area (Å²) in [6.45, 7) is 1.49. The lowest BCUT2D eigenvalue weighted by Crippen LogP contribution is -2.58. The normalized spacial score (nSPS) is 34.1. The number of rotatable bonds is 4. The molecule has 0 spiro atoms. The lowest BCUT2D eigenvalue weighted by Gasteiger charge is -2.39. The molecule has 2 rings (SSSR count). The number of aryl methyl sites for hydroxylation is 1. The monoisotopic (exact) mass is 302 g/mol. The molecule has 0 unspecified atom stereocenters. The SMILES string of the molecule is Cc1ccc(SO[C@H]2O[C@H](CO)[C@@H](O)[C@H](O)[C@@H]2O)cc1. The Hall–Kier alpha value is -0.670. The van der Waals surface area contributed by atoms with Gasteiger partial charge < -0.3 is 25.2 Å². The minimum Gasteiger partial charge on any atom is -0.394 e. The van der Waals surface area contributed by atoms with Crippen molar-refractivity contribution in [2.24, 2.45) is 0 Å². The molecule has 1 heterocycles. The Kier molecular flexibility index (Phi) is 5.39. The second kappa shape index (κ2) is 6.86. The summed E-state index contributed by atoms with van der Waals surface area (Å²) < 4.78 is 10.6. The van der Waals surface area contributed by atoms with E-state index < -0.39 is 37.3 Å². The standard InChI is InChI=1S/C13H18O6S/c1-7-2-4-8(5-3-7)20-19-13-12(17)11(16)10(15)9(6-14)18-13/h2-5,9-17H,6H2,1H3/t9-,10-,11+,12+,13-/m1/s1. The van der Waals surface area contributed by atoms with Gasteiger partial charge in [-0.3, -0.25) is 4.18 Å². The topological polar surface area (TPSA) is 99.4 Å². The molecule has 5 atom stereocenters. The zero-order chi connectivity index (χ0) is 14.7. The van der Waals surface area contributed by atoms with E-state index in [0.717, 1.165) is 22.5 Å². The maximum absolute atomic E-state index is 9.79. The van der Waals surface area contributed by atoms with Gasteiger partial charge in [0.15, 0.2) is 6.29 Å². The average molecular weight is 302 g/mol. The fourth-order valence-corrected chi connectivity index (χ4v) is 2.46. The van der Waals surface area contributed by atoms with E-state index in [1.807, 2.05) is 31.2 Å². The van der Waals surface area contributed by atoms with E-state index in [4.69, 9.17) is 14.0 Å². The molecule has 0 radical (unpaired) electrons. The van der Waals surface area contributed by atoms with Crippen LogP contribution in [0.5, 0.6) is 0 Å². The molecule has 1 fully saturated rings. The maximum Gasteiger partial charge on any atom is 0.200 e. The quantitative estimate of drug-likeness (QED) is 0.573. The van der Waals surface area contributed by atoms with Crippen LogP contribution in [0, 0.1) is 6.92 Å². The lowest BCUT2D eigenvalue weighted by atomic mass is 10.00. The van der Waals surface area contributed by atoms with E-state index in [9.17, 15) is 15.3 Å². The van der Waals surface area contributed by atoms with Crippen LogP contribution in [-0.2, 0) is 8.92 Å². The highest BCUT2D eigenvalue weighted by atomic mass is 32.2. The van der Waals surface area contributed by atoms with Crippen LogP contribution in [0.3, 0.4) is 0 Å². The Bertz CT molecular complexity index is 423. The maximum atomic E-state index is 9.79. The summed E-state index contributed by atoms with van der Waals surface area (Å²) in [5, 5.41) is 38.1. The average Bonchev–Trinajstić information content (AvgIpc) is 2.46. The van der Waals surface area contributed by atoms with Crippen LogP contribution >= 0.6 is 12.0 Å². The molecule has 6 nitrogen and oxygen atoms in total. The highest BCUT2D eigenvalue weighted by Crippen LogP contribution is 2.28. The van der Waals surface area contributed by atoms with Crippen LogP contribution in [0.1, 0.15) is 5.56 Å². The number of ether oxygens (including phenoxy) is 1. The third kappa shape index (κ3) is 3.50. The first-order chi connectivity index (χ1) is 9.52. The van der Waals surface area contributed by atoms with Gasteiger partial charge in [0.2, 0.25) is 0 Å². The first-order valence-electron chi connectivity index (χ1n) is 6.23. The van der Waals surface area contributed by atoms with Crippen LogP contribution in [0.15, 0.2) is 29.2 Å². The van der Waals surface area contributed by atoms with Crippen molar-refractivity contribution in [1.29, 1.82) is 0 Å². The highest BCUT2D eigenvalue weighted by Gasteiger charge is 2.44. The summed E-state index contributed by atoms with van der Waals surface area (Å²) in [7, 11) is 0. The van der Waals surface area contributed by atoms with Crippen LogP contribution in [0.25, 0.3) is 0 Å². The molecule has 1 aliphatic heterocycles. The summed E-state index contributed by atoms with van der Waals surface area (Å²) in [4.78, 5) is 0.813. The van der Waals surface area contributed by atoms with Gasteiger partial charge in [-0.1, -0.05) is 17.7 Å². The largest absolute Gasteiger partial charge is 0.394 e. The second-order valence-corrected chi connectivity index (χ2v) is 5.52. The van der Waals surface area contributed by atoms with Crippen molar-refractivity contribution in [3.63, 3.8) is 0 Å². The number of benzene rings is 1. The van der Waals surface area contributed by atoms with Gasteiger partial charge >= 0.3 is 0 Å². The summed E-state index contributed by atoms with van der Waals surface area (Å²) in [5.74, 6) is 0. The summed E-state index contributed by atoms with van der Waals surface area (Å²) >= 11 is 0.996. The predicted octanol–water partition coefficient (Wildman–Crippen LogP) is -0.181. The first kappa shape index (κ1) is 15.7. The van der Waals surface area contributed by atoms with Crippen molar-refractivity contribution < 1.29 is 29.3 Å². The van der Waals surface area contributed by atoms with Crippen molar-refractivity contribution in [2.45, 2.75) is 42.5 Å². The van der Waals surface area contributed by atoms with E-state index in [1.165, 1.54) is 0 Å². The van der Waals surface area contributed by atoms with Gasteiger partial charge in [-0.2, -0.15) is 0 Å². The van der Waals surface area contributed by atoms with E-state index in [1.54, 1.807) is 0 Å².